The summed E-state index contributed by atoms with van der Waals surface area (Å²) >= 11 is 0. The normalized spacial score (nSPS) is 31.7. The van der Waals surface area contributed by atoms with Crippen molar-refractivity contribution >= 4 is 5.97 Å². The van der Waals surface area contributed by atoms with E-state index in [0.29, 0.717) is 0 Å². The van der Waals surface area contributed by atoms with Gasteiger partial charge in [-0.3, -0.25) is 4.79 Å². The molecule has 4 N–H and O–H groups in total. The van der Waals surface area contributed by atoms with Crippen molar-refractivity contribution in [1.29, 1.82) is 0 Å². The SMILES string of the molecule is NC1CCNC(CC(=O)O)C1. The predicted molar refractivity (Wildman–Crippen MR) is 41.3 cm³/mol. The topological polar surface area (TPSA) is 75.3 Å². The molecule has 4 nitrogen and oxygen atoms in total. The summed E-state index contributed by atoms with van der Waals surface area (Å²) in [5, 5.41) is 11.6. The van der Waals surface area contributed by atoms with Gasteiger partial charge in [-0.25, -0.2) is 0 Å². The van der Waals surface area contributed by atoms with Crippen LogP contribution in [0.3, 0.4) is 0 Å². The Morgan fingerprint density at radius 1 is 1.73 bits per heavy atom. The molecule has 0 aromatic carbocycles. The van der Waals surface area contributed by atoms with E-state index in [1.807, 2.05) is 0 Å². The number of nitrogens with two attached hydrogens (primary N) is 1. The standard InChI is InChI=1S/C7H14N2O2/c8-5-1-2-9-6(3-5)4-7(10)11/h5-6,9H,1-4,8H2,(H,10,11). The van der Waals surface area contributed by atoms with E-state index < -0.39 is 5.97 Å². The minimum atomic E-state index is -0.753. The highest BCUT2D eigenvalue weighted by molar-refractivity contribution is 5.67. The molecule has 0 aromatic heterocycles. The number of carboxylic acid groups (broad SMARTS) is 1. The van der Waals surface area contributed by atoms with Crippen molar-refractivity contribution in [2.24, 2.45) is 5.73 Å². The second-order valence-corrected chi connectivity index (χ2v) is 3.03. The highest BCUT2D eigenvalue weighted by atomic mass is 16.4. The summed E-state index contributed by atoms with van der Waals surface area (Å²) in [5.41, 5.74) is 5.67. The van der Waals surface area contributed by atoms with E-state index in [2.05, 4.69) is 5.32 Å². The number of carboxylic acids is 1. The minimum absolute atomic E-state index is 0.0799. The fourth-order valence-corrected chi connectivity index (χ4v) is 1.41. The Balaban J connectivity index is 2.28. The smallest absolute Gasteiger partial charge is 0.304 e. The lowest BCUT2D eigenvalue weighted by molar-refractivity contribution is -0.137. The van der Waals surface area contributed by atoms with Crippen molar-refractivity contribution in [1.82, 2.24) is 5.32 Å². The van der Waals surface area contributed by atoms with E-state index in [4.69, 9.17) is 10.8 Å². The second-order valence-electron chi connectivity index (χ2n) is 3.03. The highest BCUT2D eigenvalue weighted by Gasteiger charge is 2.20. The maximum atomic E-state index is 10.3. The average molecular weight is 158 g/mol. The molecule has 2 atom stereocenters. The molecular weight excluding hydrogens is 144 g/mol. The number of carbonyl (C=O) groups is 1. The molecule has 1 fully saturated rings. The van der Waals surface area contributed by atoms with Crippen molar-refractivity contribution < 1.29 is 9.90 Å². The van der Waals surface area contributed by atoms with E-state index in [9.17, 15) is 4.79 Å². The van der Waals surface area contributed by atoms with Gasteiger partial charge in [-0.1, -0.05) is 0 Å². The molecule has 0 amide bonds. The molecule has 0 aliphatic carbocycles. The van der Waals surface area contributed by atoms with Gasteiger partial charge >= 0.3 is 5.97 Å². The van der Waals surface area contributed by atoms with Crippen LogP contribution in [0.2, 0.25) is 0 Å². The van der Waals surface area contributed by atoms with Crippen LogP contribution in [0.1, 0.15) is 19.3 Å². The number of hydrogen-bond donors (Lipinski definition) is 3. The first-order chi connectivity index (χ1) is 5.18. The van der Waals surface area contributed by atoms with E-state index in [1.165, 1.54) is 0 Å². The first kappa shape index (κ1) is 8.49. The van der Waals surface area contributed by atoms with Crippen LogP contribution in [0.5, 0.6) is 0 Å². The molecule has 4 heteroatoms. The monoisotopic (exact) mass is 158 g/mol. The lowest BCUT2D eigenvalue weighted by atomic mass is 9.98. The zero-order chi connectivity index (χ0) is 8.27. The summed E-state index contributed by atoms with van der Waals surface area (Å²) < 4.78 is 0. The van der Waals surface area contributed by atoms with Gasteiger partial charge in [0.15, 0.2) is 0 Å². The third kappa shape index (κ3) is 2.86. The van der Waals surface area contributed by atoms with Gasteiger partial charge in [0.1, 0.15) is 0 Å². The van der Waals surface area contributed by atoms with Gasteiger partial charge in [-0.2, -0.15) is 0 Å². The van der Waals surface area contributed by atoms with Crippen LogP contribution in [0.4, 0.5) is 0 Å². The Morgan fingerprint density at radius 2 is 2.45 bits per heavy atom. The molecule has 64 valence electrons. The summed E-state index contributed by atoms with van der Waals surface area (Å²) in [6.07, 6.45) is 1.93. The Morgan fingerprint density at radius 3 is 3.00 bits per heavy atom. The summed E-state index contributed by atoms with van der Waals surface area (Å²) in [5.74, 6) is -0.753. The minimum Gasteiger partial charge on any atom is -0.481 e. The lowest BCUT2D eigenvalue weighted by Crippen LogP contribution is -2.44. The van der Waals surface area contributed by atoms with Crippen LogP contribution >= 0.6 is 0 Å². The number of hydrogen-bond acceptors (Lipinski definition) is 3. The maximum Gasteiger partial charge on any atom is 0.304 e. The van der Waals surface area contributed by atoms with Gasteiger partial charge in [0, 0.05) is 12.1 Å². The summed E-state index contributed by atoms with van der Waals surface area (Å²) in [6.45, 7) is 0.846. The fourth-order valence-electron chi connectivity index (χ4n) is 1.41. The Labute approximate surface area is 65.8 Å². The highest BCUT2D eigenvalue weighted by Crippen LogP contribution is 2.08. The molecule has 2 unspecified atom stereocenters. The van der Waals surface area contributed by atoms with Gasteiger partial charge in [0.2, 0.25) is 0 Å². The van der Waals surface area contributed by atoms with Gasteiger partial charge in [0.05, 0.1) is 6.42 Å². The van der Waals surface area contributed by atoms with Crippen LogP contribution in [0, 0.1) is 0 Å². The van der Waals surface area contributed by atoms with E-state index in [-0.39, 0.29) is 18.5 Å². The fraction of sp³-hybridized carbons (Fsp3) is 0.857. The van der Waals surface area contributed by atoms with Crippen LogP contribution in [-0.4, -0.2) is 29.7 Å². The predicted octanol–water partition coefficient (Wildman–Crippen LogP) is -0.460. The molecular formula is C7H14N2O2. The van der Waals surface area contributed by atoms with Crippen LogP contribution in [-0.2, 0) is 4.79 Å². The van der Waals surface area contributed by atoms with E-state index in [0.717, 1.165) is 19.4 Å². The third-order valence-corrected chi connectivity index (χ3v) is 1.96. The molecule has 0 aromatic rings. The molecule has 1 heterocycles. The van der Waals surface area contributed by atoms with Crippen molar-refractivity contribution in [2.75, 3.05) is 6.54 Å². The quantitative estimate of drug-likeness (QED) is 0.508. The summed E-state index contributed by atoms with van der Waals surface area (Å²) in [6, 6.07) is 0.261. The molecule has 1 rings (SSSR count). The number of piperidine rings is 1. The Hall–Kier alpha value is -0.610. The molecule has 0 bridgehead atoms. The van der Waals surface area contributed by atoms with Gasteiger partial charge < -0.3 is 16.2 Å². The third-order valence-electron chi connectivity index (χ3n) is 1.96. The lowest BCUT2D eigenvalue weighted by Gasteiger charge is -2.26. The van der Waals surface area contributed by atoms with E-state index in [1.54, 1.807) is 0 Å². The number of nitrogens with one attached hydrogen (secondary N) is 1. The molecule has 1 aliphatic heterocycles. The largest absolute Gasteiger partial charge is 0.481 e. The molecule has 0 spiro atoms. The molecule has 0 radical (unpaired) electrons. The maximum absolute atomic E-state index is 10.3. The van der Waals surface area contributed by atoms with Gasteiger partial charge in [-0.15, -0.1) is 0 Å². The van der Waals surface area contributed by atoms with Crippen molar-refractivity contribution in [3.63, 3.8) is 0 Å². The van der Waals surface area contributed by atoms with Crippen LogP contribution in [0.25, 0.3) is 0 Å². The number of rotatable bonds is 2. The average Bonchev–Trinajstić information content (AvgIpc) is 1.85. The Kier molecular flexibility index (Phi) is 2.84. The van der Waals surface area contributed by atoms with Crippen molar-refractivity contribution in [2.45, 2.75) is 31.3 Å². The van der Waals surface area contributed by atoms with Crippen LogP contribution in [0.15, 0.2) is 0 Å². The first-order valence-corrected chi connectivity index (χ1v) is 3.89. The van der Waals surface area contributed by atoms with Crippen LogP contribution < -0.4 is 11.1 Å². The number of aliphatic carboxylic acids is 1. The van der Waals surface area contributed by atoms with Gasteiger partial charge in [-0.05, 0) is 19.4 Å². The molecule has 1 aliphatic rings. The van der Waals surface area contributed by atoms with Crippen molar-refractivity contribution in [3.05, 3.63) is 0 Å². The first-order valence-electron chi connectivity index (χ1n) is 3.89. The second kappa shape index (κ2) is 3.69. The molecule has 11 heavy (non-hydrogen) atoms. The zero-order valence-corrected chi connectivity index (χ0v) is 6.42. The summed E-state index contributed by atoms with van der Waals surface area (Å²) in [4.78, 5) is 10.3. The molecule has 1 saturated heterocycles. The zero-order valence-electron chi connectivity index (χ0n) is 6.42. The Bertz CT molecular complexity index is 149. The van der Waals surface area contributed by atoms with Crippen molar-refractivity contribution in [3.8, 4) is 0 Å². The molecule has 0 saturated carbocycles. The summed E-state index contributed by atoms with van der Waals surface area (Å²) in [7, 11) is 0. The van der Waals surface area contributed by atoms with Gasteiger partial charge in [0.25, 0.3) is 0 Å². The van der Waals surface area contributed by atoms with E-state index >= 15 is 0 Å².